The van der Waals surface area contributed by atoms with E-state index in [1.165, 1.54) is 0 Å². The van der Waals surface area contributed by atoms with E-state index in [-0.39, 0.29) is 19.0 Å². The van der Waals surface area contributed by atoms with Crippen LogP contribution in [0.25, 0.3) is 11.4 Å². The SMILES string of the molecule is CS(=O)(=O)N1CC(C(=O)NCc2nc(-c3ccccc3Cl)no2)Oc2ccccc21. The Balaban J connectivity index is 1.46. The third kappa shape index (κ3) is 4.10. The van der Waals surface area contributed by atoms with Gasteiger partial charge in [0.1, 0.15) is 5.75 Å². The summed E-state index contributed by atoms with van der Waals surface area (Å²) in [6.07, 6.45) is 0.0549. The number of rotatable bonds is 5. The molecule has 0 radical (unpaired) electrons. The molecule has 9 nitrogen and oxygen atoms in total. The molecule has 156 valence electrons. The number of para-hydroxylation sites is 2. The number of aromatic nitrogens is 2. The molecule has 2 heterocycles. The highest BCUT2D eigenvalue weighted by molar-refractivity contribution is 7.92. The summed E-state index contributed by atoms with van der Waals surface area (Å²) in [4.78, 5) is 16.8. The van der Waals surface area contributed by atoms with E-state index in [0.29, 0.717) is 27.8 Å². The Morgan fingerprint density at radius 3 is 2.73 bits per heavy atom. The molecule has 11 heteroatoms. The highest BCUT2D eigenvalue weighted by Gasteiger charge is 2.34. The second-order valence-electron chi connectivity index (χ2n) is 6.58. The second-order valence-corrected chi connectivity index (χ2v) is 8.89. The van der Waals surface area contributed by atoms with Crippen molar-refractivity contribution in [2.45, 2.75) is 12.6 Å². The standard InChI is InChI=1S/C19H17ClN4O5S/c1-30(26,27)24-11-16(28-15-9-5-4-8-14(15)24)19(25)21-10-17-22-18(23-29-17)12-6-2-3-7-13(12)20/h2-9,16H,10-11H2,1H3,(H,21,25). The minimum atomic E-state index is -3.58. The smallest absolute Gasteiger partial charge is 0.263 e. The molecule has 1 aliphatic heterocycles. The number of nitrogens with zero attached hydrogens (tertiary/aromatic N) is 3. The van der Waals surface area contributed by atoms with Gasteiger partial charge in [0.25, 0.3) is 5.91 Å². The number of benzene rings is 2. The average molecular weight is 449 g/mol. The van der Waals surface area contributed by atoms with Gasteiger partial charge >= 0.3 is 0 Å². The summed E-state index contributed by atoms with van der Waals surface area (Å²) in [7, 11) is -3.58. The Labute approximate surface area is 177 Å². The predicted octanol–water partition coefficient (Wildman–Crippen LogP) is 2.23. The van der Waals surface area contributed by atoms with E-state index >= 15 is 0 Å². The molecule has 1 aliphatic rings. The fourth-order valence-electron chi connectivity index (χ4n) is 3.01. The van der Waals surface area contributed by atoms with Crippen LogP contribution in [0.15, 0.2) is 53.1 Å². The molecule has 0 saturated carbocycles. The van der Waals surface area contributed by atoms with Crippen LogP contribution in [-0.4, -0.2) is 43.4 Å². The van der Waals surface area contributed by atoms with Gasteiger partial charge in [0, 0.05) is 5.56 Å². The molecular formula is C19H17ClN4O5S. The zero-order valence-corrected chi connectivity index (χ0v) is 17.4. The fraction of sp³-hybridized carbons (Fsp3) is 0.211. The summed E-state index contributed by atoms with van der Waals surface area (Å²) in [5, 5.41) is 6.98. The first-order valence-electron chi connectivity index (χ1n) is 8.91. The summed E-state index contributed by atoms with van der Waals surface area (Å²) in [6, 6.07) is 13.7. The van der Waals surface area contributed by atoms with E-state index in [9.17, 15) is 13.2 Å². The van der Waals surface area contributed by atoms with Gasteiger partial charge in [-0.05, 0) is 24.3 Å². The van der Waals surface area contributed by atoms with Crippen molar-refractivity contribution in [3.8, 4) is 17.1 Å². The van der Waals surface area contributed by atoms with Gasteiger partial charge in [-0.1, -0.05) is 41.0 Å². The largest absolute Gasteiger partial charge is 0.476 e. The first-order valence-corrected chi connectivity index (χ1v) is 11.1. The molecule has 1 atom stereocenters. The Morgan fingerprint density at radius 2 is 1.97 bits per heavy atom. The lowest BCUT2D eigenvalue weighted by Crippen LogP contribution is -2.50. The summed E-state index contributed by atoms with van der Waals surface area (Å²) in [5.74, 6) is 0.286. The van der Waals surface area contributed by atoms with Crippen molar-refractivity contribution in [2.75, 3.05) is 17.1 Å². The number of carbonyl (C=O) groups is 1. The number of anilines is 1. The molecule has 0 fully saturated rings. The monoisotopic (exact) mass is 448 g/mol. The lowest BCUT2D eigenvalue weighted by atomic mass is 10.2. The molecule has 0 bridgehead atoms. The molecule has 1 aromatic heterocycles. The van der Waals surface area contributed by atoms with Crippen molar-refractivity contribution in [1.82, 2.24) is 15.5 Å². The number of halogens is 1. The maximum Gasteiger partial charge on any atom is 0.263 e. The number of sulfonamides is 1. The fourth-order valence-corrected chi connectivity index (χ4v) is 4.14. The number of amides is 1. The Hall–Kier alpha value is -3.11. The quantitative estimate of drug-likeness (QED) is 0.636. The summed E-state index contributed by atoms with van der Waals surface area (Å²) < 4.78 is 36.3. The number of carbonyl (C=O) groups excluding carboxylic acids is 1. The summed E-state index contributed by atoms with van der Waals surface area (Å²) in [6.45, 7) is -0.187. The molecule has 30 heavy (non-hydrogen) atoms. The van der Waals surface area contributed by atoms with Crippen molar-refractivity contribution >= 4 is 33.2 Å². The summed E-state index contributed by atoms with van der Waals surface area (Å²) >= 11 is 6.13. The van der Waals surface area contributed by atoms with Crippen LogP contribution in [0.4, 0.5) is 5.69 Å². The van der Waals surface area contributed by atoms with Crippen LogP contribution in [-0.2, 0) is 21.4 Å². The average Bonchev–Trinajstić information content (AvgIpc) is 3.19. The first-order chi connectivity index (χ1) is 14.3. The molecule has 1 amide bonds. The molecule has 0 aliphatic carbocycles. The highest BCUT2D eigenvalue weighted by Crippen LogP contribution is 2.34. The maximum absolute atomic E-state index is 12.6. The number of fused-ring (bicyclic) bond motifs is 1. The van der Waals surface area contributed by atoms with Crippen LogP contribution in [0.5, 0.6) is 5.75 Å². The number of hydrogen-bond donors (Lipinski definition) is 1. The molecule has 0 spiro atoms. The maximum atomic E-state index is 12.6. The van der Waals surface area contributed by atoms with Crippen LogP contribution in [0.3, 0.4) is 0 Å². The summed E-state index contributed by atoms with van der Waals surface area (Å²) in [5.41, 5.74) is 1.00. The van der Waals surface area contributed by atoms with Gasteiger partial charge in [-0.2, -0.15) is 4.98 Å². The van der Waals surface area contributed by atoms with Gasteiger partial charge in [-0.3, -0.25) is 9.10 Å². The number of hydrogen-bond acceptors (Lipinski definition) is 7. The zero-order chi connectivity index (χ0) is 21.3. The Bertz CT molecular complexity index is 1200. The Kier molecular flexibility index (Phi) is 5.35. The van der Waals surface area contributed by atoms with E-state index in [4.69, 9.17) is 20.9 Å². The molecule has 2 aromatic carbocycles. The van der Waals surface area contributed by atoms with Crippen LogP contribution in [0, 0.1) is 0 Å². The Morgan fingerprint density at radius 1 is 1.23 bits per heavy atom. The van der Waals surface area contributed by atoms with E-state index in [1.807, 2.05) is 0 Å². The van der Waals surface area contributed by atoms with Crippen LogP contribution in [0.1, 0.15) is 5.89 Å². The van der Waals surface area contributed by atoms with Crippen molar-refractivity contribution in [3.05, 3.63) is 59.4 Å². The number of nitrogens with one attached hydrogen (secondary N) is 1. The third-order valence-corrected chi connectivity index (χ3v) is 5.90. The van der Waals surface area contributed by atoms with Gasteiger partial charge in [0.15, 0.2) is 6.10 Å². The minimum absolute atomic E-state index is 0.0450. The van der Waals surface area contributed by atoms with Gasteiger partial charge in [0.2, 0.25) is 21.7 Å². The van der Waals surface area contributed by atoms with Crippen LogP contribution >= 0.6 is 11.6 Å². The molecular weight excluding hydrogens is 432 g/mol. The van der Waals surface area contributed by atoms with E-state index in [0.717, 1.165) is 10.6 Å². The molecule has 1 unspecified atom stereocenters. The van der Waals surface area contributed by atoms with Gasteiger partial charge in [0.05, 0.1) is 30.1 Å². The van der Waals surface area contributed by atoms with Crippen molar-refractivity contribution in [1.29, 1.82) is 0 Å². The zero-order valence-electron chi connectivity index (χ0n) is 15.8. The predicted molar refractivity (Wildman–Crippen MR) is 110 cm³/mol. The van der Waals surface area contributed by atoms with Crippen LogP contribution < -0.4 is 14.4 Å². The number of ether oxygens (including phenoxy) is 1. The second kappa shape index (κ2) is 7.96. The molecule has 3 aromatic rings. The van der Waals surface area contributed by atoms with E-state index in [1.54, 1.807) is 48.5 Å². The van der Waals surface area contributed by atoms with Gasteiger partial charge in [-0.15, -0.1) is 0 Å². The van der Waals surface area contributed by atoms with Gasteiger partial charge in [-0.25, -0.2) is 8.42 Å². The lowest BCUT2D eigenvalue weighted by molar-refractivity contribution is -0.128. The first kappa shape index (κ1) is 20.2. The minimum Gasteiger partial charge on any atom is -0.476 e. The van der Waals surface area contributed by atoms with Crippen LogP contribution in [0.2, 0.25) is 5.02 Å². The highest BCUT2D eigenvalue weighted by atomic mass is 35.5. The van der Waals surface area contributed by atoms with E-state index < -0.39 is 22.0 Å². The van der Waals surface area contributed by atoms with Crippen molar-refractivity contribution in [2.24, 2.45) is 0 Å². The third-order valence-electron chi connectivity index (χ3n) is 4.42. The van der Waals surface area contributed by atoms with Crippen molar-refractivity contribution in [3.63, 3.8) is 0 Å². The lowest BCUT2D eigenvalue weighted by Gasteiger charge is -2.33. The molecule has 0 saturated heterocycles. The molecule has 4 rings (SSSR count). The normalized spacial score (nSPS) is 15.9. The molecule has 1 N–H and O–H groups in total. The topological polar surface area (TPSA) is 115 Å². The van der Waals surface area contributed by atoms with Crippen molar-refractivity contribution < 1.29 is 22.5 Å². The van der Waals surface area contributed by atoms with Gasteiger partial charge < -0.3 is 14.6 Å². The van der Waals surface area contributed by atoms with E-state index in [2.05, 4.69) is 15.5 Å².